The van der Waals surface area contributed by atoms with Crippen LogP contribution in [0.3, 0.4) is 0 Å². The molecule has 1 aliphatic rings. The summed E-state index contributed by atoms with van der Waals surface area (Å²) in [6.45, 7) is 0. The highest BCUT2D eigenvalue weighted by atomic mass is 32.2. The minimum absolute atomic E-state index is 0.0512. The minimum atomic E-state index is -3.85. The van der Waals surface area contributed by atoms with Crippen molar-refractivity contribution in [3.63, 3.8) is 0 Å². The Morgan fingerprint density at radius 3 is 2.44 bits per heavy atom. The molecule has 32 heavy (non-hydrogen) atoms. The molecule has 0 spiro atoms. The second-order valence-electron chi connectivity index (χ2n) is 7.35. The molecule has 0 aliphatic carbocycles. The molecule has 0 bridgehead atoms. The molecule has 5 nitrogen and oxygen atoms in total. The molecule has 3 aromatic carbocycles. The third-order valence-corrected chi connectivity index (χ3v) is 7.61. The van der Waals surface area contributed by atoms with Crippen molar-refractivity contribution in [3.05, 3.63) is 89.5 Å². The number of amides is 1. The van der Waals surface area contributed by atoms with Crippen LogP contribution in [0.1, 0.15) is 23.6 Å². The van der Waals surface area contributed by atoms with Gasteiger partial charge in [0.15, 0.2) is 0 Å². The largest absolute Gasteiger partial charge is 0.349 e. The van der Waals surface area contributed by atoms with Crippen LogP contribution in [0, 0.1) is 11.6 Å². The van der Waals surface area contributed by atoms with E-state index in [4.69, 9.17) is 0 Å². The van der Waals surface area contributed by atoms with Gasteiger partial charge >= 0.3 is 0 Å². The van der Waals surface area contributed by atoms with Gasteiger partial charge in [-0.25, -0.2) is 17.2 Å². The van der Waals surface area contributed by atoms with E-state index in [0.717, 1.165) is 29.9 Å². The van der Waals surface area contributed by atoms with Crippen molar-refractivity contribution in [2.75, 3.05) is 10.5 Å². The molecule has 0 saturated carbocycles. The number of nitrogens with one attached hydrogen (secondary N) is 2. The number of halogens is 2. The maximum Gasteiger partial charge on any atom is 0.261 e. The summed E-state index contributed by atoms with van der Waals surface area (Å²) in [5.41, 5.74) is 1.82. The van der Waals surface area contributed by atoms with Gasteiger partial charge in [0.05, 0.1) is 17.4 Å². The van der Waals surface area contributed by atoms with Crippen molar-refractivity contribution in [1.82, 2.24) is 5.32 Å². The molecule has 1 atom stereocenters. The summed E-state index contributed by atoms with van der Waals surface area (Å²) in [6.07, 6.45) is 0.830. The Hall–Kier alpha value is -2.91. The van der Waals surface area contributed by atoms with E-state index in [1.807, 2.05) is 6.07 Å². The zero-order valence-corrected chi connectivity index (χ0v) is 18.5. The van der Waals surface area contributed by atoms with Crippen LogP contribution in [0.4, 0.5) is 14.5 Å². The fourth-order valence-electron chi connectivity index (χ4n) is 3.49. The molecule has 3 aromatic rings. The third kappa shape index (κ3) is 5.11. The maximum absolute atomic E-state index is 14.0. The number of sulfonamides is 1. The van der Waals surface area contributed by atoms with Gasteiger partial charge in [-0.2, -0.15) is 0 Å². The number of thioether (sulfide) groups is 1. The van der Waals surface area contributed by atoms with E-state index in [-0.39, 0.29) is 29.1 Å². The summed E-state index contributed by atoms with van der Waals surface area (Å²) in [7, 11) is -3.85. The Balaban J connectivity index is 1.39. The quantitative estimate of drug-likeness (QED) is 0.545. The lowest BCUT2D eigenvalue weighted by molar-refractivity contribution is -0.121. The average Bonchev–Trinajstić information content (AvgIpc) is 2.76. The number of benzene rings is 3. The van der Waals surface area contributed by atoms with Crippen molar-refractivity contribution in [3.8, 4) is 0 Å². The van der Waals surface area contributed by atoms with E-state index in [0.29, 0.717) is 16.1 Å². The molecule has 0 radical (unpaired) electrons. The van der Waals surface area contributed by atoms with Crippen LogP contribution >= 0.6 is 11.8 Å². The van der Waals surface area contributed by atoms with E-state index >= 15 is 0 Å². The summed E-state index contributed by atoms with van der Waals surface area (Å²) in [5, 5.41) is 2.97. The van der Waals surface area contributed by atoms with Gasteiger partial charge in [-0.1, -0.05) is 24.3 Å². The molecule has 166 valence electrons. The minimum Gasteiger partial charge on any atom is -0.349 e. The standard InChI is InChI=1S/C23H20F2N2O3S2/c24-16-6-10-18(11-7-16)32(29,30)27-17-8-4-15(5-9-17)14-22(28)26-21-12-13-31-23-19(21)2-1-3-20(23)25/h1-11,21,27H,12-14H2,(H,26,28). The van der Waals surface area contributed by atoms with E-state index in [1.165, 1.54) is 30.0 Å². The Bertz CT molecular complexity index is 1230. The molecule has 1 amide bonds. The van der Waals surface area contributed by atoms with E-state index in [9.17, 15) is 22.0 Å². The number of carbonyl (C=O) groups is 1. The normalized spacial score (nSPS) is 15.6. The fourth-order valence-corrected chi connectivity index (χ4v) is 5.68. The number of fused-ring (bicyclic) bond motifs is 1. The molecule has 0 fully saturated rings. The van der Waals surface area contributed by atoms with Gasteiger partial charge in [0.25, 0.3) is 10.0 Å². The van der Waals surface area contributed by atoms with Crippen LogP contribution in [0.15, 0.2) is 76.5 Å². The second-order valence-corrected chi connectivity index (χ2v) is 10.1. The highest BCUT2D eigenvalue weighted by Crippen LogP contribution is 2.37. The van der Waals surface area contributed by atoms with Crippen molar-refractivity contribution in [2.45, 2.75) is 28.7 Å². The first-order valence-electron chi connectivity index (χ1n) is 9.90. The zero-order valence-electron chi connectivity index (χ0n) is 16.8. The molecule has 0 saturated heterocycles. The summed E-state index contributed by atoms with van der Waals surface area (Å²) in [4.78, 5) is 13.1. The molecule has 9 heteroatoms. The van der Waals surface area contributed by atoms with Crippen LogP contribution in [0.2, 0.25) is 0 Å². The van der Waals surface area contributed by atoms with Gasteiger partial charge < -0.3 is 5.32 Å². The predicted molar refractivity (Wildman–Crippen MR) is 120 cm³/mol. The predicted octanol–water partition coefficient (Wildman–Crippen LogP) is 4.66. The molecular weight excluding hydrogens is 454 g/mol. The monoisotopic (exact) mass is 474 g/mol. The first-order valence-corrected chi connectivity index (χ1v) is 12.4. The summed E-state index contributed by atoms with van der Waals surface area (Å²) in [6, 6.07) is 15.6. The third-order valence-electron chi connectivity index (χ3n) is 5.06. The molecule has 2 N–H and O–H groups in total. The van der Waals surface area contributed by atoms with Gasteiger partial charge in [0.1, 0.15) is 11.6 Å². The van der Waals surface area contributed by atoms with Crippen LogP contribution in [-0.4, -0.2) is 20.1 Å². The zero-order chi connectivity index (χ0) is 22.7. The van der Waals surface area contributed by atoms with Crippen molar-refractivity contribution in [1.29, 1.82) is 0 Å². The Morgan fingerprint density at radius 1 is 1.00 bits per heavy atom. The summed E-state index contributed by atoms with van der Waals surface area (Å²) >= 11 is 1.45. The van der Waals surface area contributed by atoms with Gasteiger partial charge in [-0.15, -0.1) is 11.8 Å². The van der Waals surface area contributed by atoms with E-state index in [1.54, 1.807) is 30.3 Å². The average molecular weight is 475 g/mol. The molecule has 1 unspecified atom stereocenters. The molecule has 1 heterocycles. The maximum atomic E-state index is 14.0. The van der Waals surface area contributed by atoms with Gasteiger partial charge in [-0.05, 0) is 60.0 Å². The van der Waals surface area contributed by atoms with Gasteiger partial charge in [0, 0.05) is 16.3 Å². The number of hydrogen-bond donors (Lipinski definition) is 2. The van der Waals surface area contributed by atoms with Gasteiger partial charge in [-0.3, -0.25) is 9.52 Å². The van der Waals surface area contributed by atoms with Crippen molar-refractivity contribution < 1.29 is 22.0 Å². The van der Waals surface area contributed by atoms with Crippen molar-refractivity contribution in [2.24, 2.45) is 0 Å². The highest BCUT2D eigenvalue weighted by Gasteiger charge is 2.24. The highest BCUT2D eigenvalue weighted by molar-refractivity contribution is 7.99. The smallest absolute Gasteiger partial charge is 0.261 e. The fraction of sp³-hybridized carbons (Fsp3) is 0.174. The lowest BCUT2D eigenvalue weighted by atomic mass is 10.0. The number of rotatable bonds is 6. The van der Waals surface area contributed by atoms with Crippen LogP contribution in [0.25, 0.3) is 0 Å². The Labute approximate surface area is 189 Å². The van der Waals surface area contributed by atoms with Crippen LogP contribution in [-0.2, 0) is 21.2 Å². The SMILES string of the molecule is O=C(Cc1ccc(NS(=O)(=O)c2ccc(F)cc2)cc1)NC1CCSc2c(F)cccc21. The van der Waals surface area contributed by atoms with Crippen LogP contribution < -0.4 is 10.0 Å². The molecule has 4 rings (SSSR count). The second kappa shape index (κ2) is 9.30. The topological polar surface area (TPSA) is 75.3 Å². The Kier molecular flexibility index (Phi) is 6.48. The molecule has 0 aromatic heterocycles. The molecular formula is C23H20F2N2O3S2. The lowest BCUT2D eigenvalue weighted by Crippen LogP contribution is -2.32. The number of carbonyl (C=O) groups excluding carboxylic acids is 1. The van der Waals surface area contributed by atoms with E-state index in [2.05, 4.69) is 10.0 Å². The number of anilines is 1. The first kappa shape index (κ1) is 22.3. The van der Waals surface area contributed by atoms with Crippen LogP contribution in [0.5, 0.6) is 0 Å². The summed E-state index contributed by atoms with van der Waals surface area (Å²) < 4.78 is 54.3. The lowest BCUT2D eigenvalue weighted by Gasteiger charge is -2.26. The van der Waals surface area contributed by atoms with Gasteiger partial charge in [0.2, 0.25) is 5.91 Å². The molecule has 1 aliphatic heterocycles. The Morgan fingerprint density at radius 2 is 1.72 bits per heavy atom. The first-order chi connectivity index (χ1) is 15.3. The van der Waals surface area contributed by atoms with E-state index < -0.39 is 15.8 Å². The summed E-state index contributed by atoms with van der Waals surface area (Å²) in [5.74, 6) is -0.268. The number of hydrogen-bond acceptors (Lipinski definition) is 4. The van der Waals surface area contributed by atoms with Crippen molar-refractivity contribution >= 4 is 33.4 Å².